The molecule has 1 unspecified atom stereocenters. The molecule has 1 amide bonds. The monoisotopic (exact) mass is 617 g/mol. The molecule has 0 bridgehead atoms. The van der Waals surface area contributed by atoms with Gasteiger partial charge in [0.15, 0.2) is 6.29 Å². The quantitative estimate of drug-likeness (QED) is 0.232. The van der Waals surface area contributed by atoms with Gasteiger partial charge >= 0.3 is 11.9 Å². The molecule has 17 heteroatoms. The molecule has 218 valence electrons. The minimum atomic E-state index is -4.33. The fourth-order valence-corrected chi connectivity index (χ4v) is 6.40. The van der Waals surface area contributed by atoms with Gasteiger partial charge in [0.1, 0.15) is 21.9 Å². The Kier molecular flexibility index (Phi) is 9.43. The van der Waals surface area contributed by atoms with Crippen molar-refractivity contribution >= 4 is 60.9 Å². The lowest BCUT2D eigenvalue weighted by molar-refractivity contribution is -0.146. The molecule has 0 saturated heterocycles. The molecule has 6 N–H and O–H groups in total. The Hall–Kier alpha value is -3.28. The summed E-state index contributed by atoms with van der Waals surface area (Å²) in [5, 5.41) is 19.5. The molecule has 2 aromatic carbocycles. The molecule has 0 fully saturated rings. The van der Waals surface area contributed by atoms with Gasteiger partial charge < -0.3 is 15.2 Å². The average molecular weight is 618 g/mol. The summed E-state index contributed by atoms with van der Waals surface area (Å²) in [6.45, 7) is 4.33. The number of aliphatic carboxylic acids is 1. The van der Waals surface area contributed by atoms with E-state index in [0.29, 0.717) is 5.56 Å². The third-order valence-corrected chi connectivity index (χ3v) is 8.66. The number of nitrogens with two attached hydrogens (primary N) is 1. The molecule has 0 radical (unpaired) electrons. The number of fused-ring (bicyclic) bond motifs is 1. The van der Waals surface area contributed by atoms with Crippen molar-refractivity contribution < 1.29 is 41.1 Å². The zero-order chi connectivity index (χ0) is 30.0. The maximum absolute atomic E-state index is 13.0. The third-order valence-electron chi connectivity index (χ3n) is 5.83. The number of carbonyl (C=O) groups excluding carboxylic acids is 2. The van der Waals surface area contributed by atoms with Crippen LogP contribution in [0.25, 0.3) is 0 Å². The zero-order valence-corrected chi connectivity index (χ0v) is 23.9. The number of sulfonamides is 2. The molecule has 2 aromatic rings. The second-order valence-corrected chi connectivity index (χ2v) is 12.4. The number of rotatable bonds is 10. The summed E-state index contributed by atoms with van der Waals surface area (Å²) in [5.41, 5.74) is 0.812. The Morgan fingerprint density at radius 2 is 1.85 bits per heavy atom. The van der Waals surface area contributed by atoms with Crippen LogP contribution in [0, 0.1) is 0 Å². The number of ether oxygens (including phenoxy) is 1. The Labute approximate surface area is 235 Å². The first kappa shape index (κ1) is 31.3. The van der Waals surface area contributed by atoms with Crippen molar-refractivity contribution in [1.29, 1.82) is 0 Å². The molecule has 1 aliphatic heterocycles. The van der Waals surface area contributed by atoms with Crippen LogP contribution in [0.2, 0.25) is 5.02 Å². The van der Waals surface area contributed by atoms with E-state index in [9.17, 15) is 36.3 Å². The van der Waals surface area contributed by atoms with Gasteiger partial charge in [0.2, 0.25) is 26.0 Å². The second-order valence-electron chi connectivity index (χ2n) is 8.78. The number of nitrogens with zero attached hydrogens (tertiary/aromatic N) is 1. The van der Waals surface area contributed by atoms with Crippen molar-refractivity contribution in [3.05, 3.63) is 47.0 Å². The van der Waals surface area contributed by atoms with Gasteiger partial charge in [0, 0.05) is 12.6 Å². The van der Waals surface area contributed by atoms with Crippen molar-refractivity contribution in [2.45, 2.75) is 55.4 Å². The number of hydrogen-bond acceptors (Lipinski definition) is 10. The van der Waals surface area contributed by atoms with Crippen molar-refractivity contribution in [2.75, 3.05) is 16.8 Å². The van der Waals surface area contributed by atoms with Gasteiger partial charge in [-0.05, 0) is 50.1 Å². The second kappa shape index (κ2) is 12.1. The van der Waals surface area contributed by atoms with Gasteiger partial charge in [-0.25, -0.2) is 22.0 Å². The fourth-order valence-electron chi connectivity index (χ4n) is 3.96. The Bertz CT molecular complexity index is 1530. The average Bonchev–Trinajstić information content (AvgIpc) is 2.83. The van der Waals surface area contributed by atoms with Crippen molar-refractivity contribution in [3.8, 4) is 0 Å². The minimum Gasteiger partial charge on any atom is -0.480 e. The van der Waals surface area contributed by atoms with Gasteiger partial charge in [0.05, 0.1) is 17.3 Å². The number of esters is 1. The maximum Gasteiger partial charge on any atom is 0.323 e. The van der Waals surface area contributed by atoms with E-state index in [2.05, 4.69) is 15.4 Å². The molecule has 1 aliphatic rings. The van der Waals surface area contributed by atoms with E-state index in [4.69, 9.17) is 21.5 Å². The summed E-state index contributed by atoms with van der Waals surface area (Å²) in [6, 6.07) is 6.13. The summed E-state index contributed by atoms with van der Waals surface area (Å²) in [4.78, 5) is 36.4. The van der Waals surface area contributed by atoms with E-state index in [1.807, 2.05) is 0 Å². The van der Waals surface area contributed by atoms with Gasteiger partial charge in [-0.3, -0.25) is 24.6 Å². The van der Waals surface area contributed by atoms with Crippen LogP contribution < -0.4 is 25.4 Å². The van der Waals surface area contributed by atoms with E-state index < -0.39 is 66.1 Å². The highest BCUT2D eigenvalue weighted by atomic mass is 35.5. The van der Waals surface area contributed by atoms with Gasteiger partial charge in [-0.1, -0.05) is 23.7 Å². The van der Waals surface area contributed by atoms with Crippen LogP contribution in [0.3, 0.4) is 0 Å². The molecular weight excluding hydrogens is 590 g/mol. The standard InChI is InChI=1S/C23H28ClN5O9S2/c1-4-38-22(33)18(26-12(2)21(31)32)9-14-5-7-15(8-6-14)29(13(3)30)23-27-17-10-16(24)19(39(25,34)35)11-20(17)40(36,37)28-23/h5-8,10-12,18,23,26-28H,4,9H2,1-3H3,(H,31,32)(H2,25,34,35)/t12-,18-,23?/m0/s1. The lowest BCUT2D eigenvalue weighted by Gasteiger charge is -2.36. The number of benzene rings is 2. The first-order valence-electron chi connectivity index (χ1n) is 11.7. The first-order valence-corrected chi connectivity index (χ1v) is 15.1. The van der Waals surface area contributed by atoms with Crippen LogP contribution in [0.4, 0.5) is 11.4 Å². The highest BCUT2D eigenvalue weighted by Gasteiger charge is 2.36. The highest BCUT2D eigenvalue weighted by Crippen LogP contribution is 2.34. The predicted molar refractivity (Wildman–Crippen MR) is 145 cm³/mol. The SMILES string of the molecule is CCOC(=O)[C@H](Cc1ccc(N(C(C)=O)C2Nc3cc(Cl)c(S(N)(=O)=O)cc3S(=O)(=O)N2)cc1)N[C@@H](C)C(=O)O. The number of halogens is 1. The first-order chi connectivity index (χ1) is 18.5. The summed E-state index contributed by atoms with van der Waals surface area (Å²) >= 11 is 6.03. The lowest BCUT2D eigenvalue weighted by atomic mass is 10.0. The van der Waals surface area contributed by atoms with Crippen LogP contribution in [0.5, 0.6) is 0 Å². The number of amides is 1. The van der Waals surface area contributed by atoms with E-state index in [0.717, 1.165) is 17.0 Å². The van der Waals surface area contributed by atoms with Crippen LogP contribution in [0.1, 0.15) is 26.3 Å². The van der Waals surface area contributed by atoms with Crippen molar-refractivity contribution in [2.24, 2.45) is 5.14 Å². The van der Waals surface area contributed by atoms with E-state index in [1.165, 1.54) is 26.0 Å². The summed E-state index contributed by atoms with van der Waals surface area (Å²) in [7, 11) is -8.64. The van der Waals surface area contributed by atoms with E-state index in [-0.39, 0.29) is 29.4 Å². The summed E-state index contributed by atoms with van der Waals surface area (Å²) in [6.07, 6.45) is -1.24. The number of carbonyl (C=O) groups is 3. The zero-order valence-electron chi connectivity index (χ0n) is 21.5. The van der Waals surface area contributed by atoms with Crippen molar-refractivity contribution in [3.63, 3.8) is 0 Å². The smallest absolute Gasteiger partial charge is 0.323 e. The molecule has 3 atom stereocenters. The summed E-state index contributed by atoms with van der Waals surface area (Å²) in [5.74, 6) is -2.33. The van der Waals surface area contributed by atoms with Gasteiger partial charge in [0.25, 0.3) is 0 Å². The van der Waals surface area contributed by atoms with E-state index in [1.54, 1.807) is 19.1 Å². The van der Waals surface area contributed by atoms with Gasteiger partial charge in [-0.15, -0.1) is 0 Å². The van der Waals surface area contributed by atoms with E-state index >= 15 is 0 Å². The number of primary sulfonamides is 1. The largest absolute Gasteiger partial charge is 0.480 e. The topological polar surface area (TPSA) is 214 Å². The Morgan fingerprint density at radius 3 is 2.38 bits per heavy atom. The number of carboxylic acid groups (broad SMARTS) is 1. The van der Waals surface area contributed by atoms with Crippen LogP contribution in [0.15, 0.2) is 46.2 Å². The molecule has 40 heavy (non-hydrogen) atoms. The van der Waals surface area contributed by atoms with Crippen LogP contribution in [-0.4, -0.2) is 64.8 Å². The van der Waals surface area contributed by atoms with Crippen molar-refractivity contribution in [1.82, 2.24) is 10.0 Å². The molecule has 1 heterocycles. The molecule has 0 aromatic heterocycles. The number of anilines is 2. The van der Waals surface area contributed by atoms with Crippen LogP contribution in [-0.2, 0) is 45.6 Å². The third kappa shape index (κ3) is 7.07. The molecule has 0 saturated carbocycles. The highest BCUT2D eigenvalue weighted by molar-refractivity contribution is 7.90. The summed E-state index contributed by atoms with van der Waals surface area (Å²) < 4.78 is 56.9. The number of carboxylic acids is 1. The minimum absolute atomic E-state index is 0.0556. The van der Waals surface area contributed by atoms with Gasteiger partial charge in [-0.2, -0.15) is 4.72 Å². The fraction of sp³-hybridized carbons (Fsp3) is 0.348. The number of hydrogen-bond donors (Lipinski definition) is 5. The molecule has 0 aliphatic carbocycles. The molecule has 14 nitrogen and oxygen atoms in total. The lowest BCUT2D eigenvalue weighted by Crippen LogP contribution is -2.57. The number of nitrogens with one attached hydrogen (secondary N) is 3. The van der Waals surface area contributed by atoms with Crippen LogP contribution >= 0.6 is 11.6 Å². The molecular formula is C23H28ClN5O9S2. The Morgan fingerprint density at radius 1 is 1.23 bits per heavy atom. The normalized spacial score (nSPS) is 17.6. The molecule has 0 spiro atoms. The maximum atomic E-state index is 13.0. The molecule has 3 rings (SSSR count). The Balaban J connectivity index is 1.90. The predicted octanol–water partition coefficient (Wildman–Crippen LogP) is 0.565.